The van der Waals surface area contributed by atoms with Gasteiger partial charge in [-0.15, -0.1) is 0 Å². The van der Waals surface area contributed by atoms with Crippen LogP contribution in [0.4, 0.5) is 10.5 Å². The summed E-state index contributed by atoms with van der Waals surface area (Å²) in [6, 6.07) is 14.5. The first kappa shape index (κ1) is 31.6. The molecule has 4 aliphatic rings. The largest absolute Gasteiger partial charge is 0.343 e. The van der Waals surface area contributed by atoms with E-state index >= 15 is 0 Å². The molecule has 2 aromatic carbocycles. The Morgan fingerprint density at radius 3 is 2.09 bits per heavy atom. The molecule has 1 N–H and O–H groups in total. The lowest BCUT2D eigenvalue weighted by Crippen LogP contribution is -2.51. The van der Waals surface area contributed by atoms with E-state index in [2.05, 4.69) is 60.3 Å². The third-order valence-electron chi connectivity index (χ3n) is 10.9. The average Bonchev–Trinajstić information content (AvgIpc) is 3.04. The topological polar surface area (TPSA) is 76.2 Å². The molecule has 1 unspecified atom stereocenters. The molecule has 4 aliphatic heterocycles. The molecule has 0 bridgehead atoms. The molecule has 242 valence electrons. The monoisotopic (exact) mass is 613 g/mol. The van der Waals surface area contributed by atoms with Crippen molar-refractivity contribution in [1.29, 1.82) is 0 Å². The summed E-state index contributed by atoms with van der Waals surface area (Å²) < 4.78 is 0. The average molecular weight is 614 g/mol. The number of hydrogen-bond donors (Lipinski definition) is 1. The second-order valence-corrected chi connectivity index (χ2v) is 14.2. The Morgan fingerprint density at radius 2 is 1.42 bits per heavy atom. The highest BCUT2D eigenvalue weighted by atomic mass is 16.2. The van der Waals surface area contributed by atoms with Gasteiger partial charge in [0.1, 0.15) is 0 Å². The van der Waals surface area contributed by atoms with E-state index < -0.39 is 0 Å². The van der Waals surface area contributed by atoms with Crippen LogP contribution in [-0.2, 0) is 22.6 Å². The second-order valence-electron chi connectivity index (χ2n) is 14.2. The van der Waals surface area contributed by atoms with Crippen LogP contribution in [0.1, 0.15) is 67.2 Å². The van der Waals surface area contributed by atoms with Gasteiger partial charge in [0.15, 0.2) is 0 Å². The van der Waals surface area contributed by atoms with Crippen LogP contribution >= 0.6 is 0 Å². The Bertz CT molecular complexity index is 1350. The fourth-order valence-electron chi connectivity index (χ4n) is 8.35. The zero-order valence-corrected chi connectivity index (χ0v) is 27.5. The van der Waals surface area contributed by atoms with E-state index in [-0.39, 0.29) is 36.2 Å². The van der Waals surface area contributed by atoms with Crippen molar-refractivity contribution in [2.45, 2.75) is 77.8 Å². The van der Waals surface area contributed by atoms with Crippen LogP contribution in [0.25, 0.3) is 0 Å². The Balaban J connectivity index is 1.08. The first-order valence-electron chi connectivity index (χ1n) is 17.2. The molecule has 8 heteroatoms. The minimum Gasteiger partial charge on any atom is -0.343 e. The molecule has 4 heterocycles. The van der Waals surface area contributed by atoms with Gasteiger partial charge in [0.05, 0.1) is 5.92 Å². The lowest BCUT2D eigenvalue weighted by Gasteiger charge is -2.41. The third-order valence-corrected chi connectivity index (χ3v) is 10.9. The summed E-state index contributed by atoms with van der Waals surface area (Å²) in [5.41, 5.74) is 5.52. The number of para-hydroxylation sites is 1. The van der Waals surface area contributed by atoms with Gasteiger partial charge in [-0.25, -0.2) is 4.79 Å². The highest BCUT2D eigenvalue weighted by molar-refractivity contribution is 5.92. The quantitative estimate of drug-likeness (QED) is 0.450. The van der Waals surface area contributed by atoms with Crippen molar-refractivity contribution in [2.75, 3.05) is 51.6 Å². The lowest BCUT2D eigenvalue weighted by molar-refractivity contribution is -0.143. The number of nitrogens with one attached hydrogen (secondary N) is 1. The van der Waals surface area contributed by atoms with Crippen molar-refractivity contribution in [3.05, 3.63) is 64.7 Å². The Kier molecular flexibility index (Phi) is 9.78. The zero-order valence-electron chi connectivity index (χ0n) is 27.5. The number of benzene rings is 2. The van der Waals surface area contributed by atoms with Crippen LogP contribution in [0.2, 0.25) is 0 Å². The van der Waals surface area contributed by atoms with Crippen LogP contribution in [0.3, 0.4) is 0 Å². The molecule has 0 aliphatic carbocycles. The summed E-state index contributed by atoms with van der Waals surface area (Å²) in [6.45, 7) is 9.99. The van der Waals surface area contributed by atoms with E-state index in [0.29, 0.717) is 32.0 Å². The van der Waals surface area contributed by atoms with Crippen molar-refractivity contribution in [2.24, 2.45) is 17.8 Å². The molecule has 3 fully saturated rings. The Morgan fingerprint density at radius 1 is 0.822 bits per heavy atom. The van der Waals surface area contributed by atoms with Gasteiger partial charge in [-0.1, -0.05) is 47.5 Å². The van der Waals surface area contributed by atoms with E-state index in [0.717, 1.165) is 61.5 Å². The van der Waals surface area contributed by atoms with Crippen LogP contribution in [0, 0.1) is 31.6 Å². The lowest BCUT2D eigenvalue weighted by atomic mass is 9.78. The number of fused-ring (bicyclic) bond motifs is 1. The van der Waals surface area contributed by atoms with E-state index in [1.54, 1.807) is 0 Å². The molecular weight excluding hydrogens is 562 g/mol. The van der Waals surface area contributed by atoms with Crippen LogP contribution < -0.4 is 5.32 Å². The van der Waals surface area contributed by atoms with Gasteiger partial charge in [0.25, 0.3) is 0 Å². The summed E-state index contributed by atoms with van der Waals surface area (Å²) in [7, 11) is 2.21. The van der Waals surface area contributed by atoms with Crippen molar-refractivity contribution in [1.82, 2.24) is 19.6 Å². The molecule has 4 amide bonds. The van der Waals surface area contributed by atoms with Gasteiger partial charge in [-0.3, -0.25) is 9.59 Å². The van der Waals surface area contributed by atoms with Gasteiger partial charge in [-0.2, -0.15) is 0 Å². The van der Waals surface area contributed by atoms with E-state index in [1.807, 2.05) is 28.0 Å². The molecule has 8 nitrogen and oxygen atoms in total. The summed E-state index contributed by atoms with van der Waals surface area (Å²) in [6.07, 6.45) is 7.02. The van der Waals surface area contributed by atoms with Gasteiger partial charge in [0, 0.05) is 50.9 Å². The maximum atomic E-state index is 14.1. The fraction of sp³-hybridized carbons (Fsp3) is 0.595. The van der Waals surface area contributed by atoms with Crippen LogP contribution in [0.5, 0.6) is 0 Å². The maximum Gasteiger partial charge on any atom is 0.322 e. The molecule has 0 spiro atoms. The molecule has 2 aromatic rings. The van der Waals surface area contributed by atoms with E-state index in [9.17, 15) is 14.4 Å². The highest BCUT2D eigenvalue weighted by Crippen LogP contribution is 2.33. The summed E-state index contributed by atoms with van der Waals surface area (Å²) in [4.78, 5) is 49.1. The molecule has 0 saturated carbocycles. The molecule has 1 atom stereocenters. The number of carbonyl (C=O) groups is 3. The van der Waals surface area contributed by atoms with Crippen LogP contribution in [0.15, 0.2) is 42.5 Å². The van der Waals surface area contributed by atoms with Gasteiger partial charge < -0.3 is 24.9 Å². The van der Waals surface area contributed by atoms with E-state index in [4.69, 9.17) is 0 Å². The van der Waals surface area contributed by atoms with Gasteiger partial charge in [-0.05, 0) is 108 Å². The summed E-state index contributed by atoms with van der Waals surface area (Å²) in [5.74, 6) is 1.33. The third kappa shape index (κ3) is 7.54. The molecule has 0 radical (unpaired) electrons. The number of carbonyl (C=O) groups excluding carboxylic acids is 3. The predicted octanol–water partition coefficient (Wildman–Crippen LogP) is 5.47. The Hall–Kier alpha value is -3.39. The number of piperidine rings is 3. The molecule has 3 saturated heterocycles. The number of urea groups is 1. The number of rotatable bonds is 7. The highest BCUT2D eigenvalue weighted by Gasteiger charge is 2.36. The minimum absolute atomic E-state index is 0.0582. The van der Waals surface area contributed by atoms with Crippen LogP contribution in [-0.4, -0.2) is 89.8 Å². The molecular formula is C37H51N5O3. The molecule has 6 rings (SSSR count). The normalized spacial score (nSPS) is 21.4. The maximum absolute atomic E-state index is 14.1. The van der Waals surface area contributed by atoms with E-state index in [1.165, 1.54) is 37.1 Å². The van der Waals surface area contributed by atoms with Gasteiger partial charge >= 0.3 is 6.03 Å². The number of likely N-dealkylation sites (tertiary alicyclic amines) is 3. The first-order valence-corrected chi connectivity index (χ1v) is 17.2. The number of amides is 4. The fourth-order valence-corrected chi connectivity index (χ4v) is 8.35. The number of aryl methyl sites for hydroxylation is 2. The second kappa shape index (κ2) is 13.9. The van der Waals surface area contributed by atoms with Crippen molar-refractivity contribution in [3.8, 4) is 0 Å². The zero-order chi connectivity index (χ0) is 31.5. The number of anilines is 1. The standard InChI is InChI=1S/C37H51N5O3/c1-26-20-27(2)22-28(21-26)23-32(36(44)41-16-10-30(11-17-41)29-8-14-39(3)15-9-29)24-35(43)40-18-12-33(13-19-40)42-25-31-6-4-5-7-34(31)38-37(42)45/h4-7,20-22,29-30,32-33H,8-19,23-25H2,1-3H3,(H,38,45). The molecule has 0 aromatic heterocycles. The summed E-state index contributed by atoms with van der Waals surface area (Å²) >= 11 is 0. The number of hydrogen-bond acceptors (Lipinski definition) is 4. The number of nitrogens with zero attached hydrogens (tertiary/aromatic N) is 4. The molecule has 45 heavy (non-hydrogen) atoms. The van der Waals surface area contributed by atoms with Crippen molar-refractivity contribution < 1.29 is 14.4 Å². The van der Waals surface area contributed by atoms with Gasteiger partial charge in [0.2, 0.25) is 11.8 Å². The SMILES string of the molecule is Cc1cc(C)cc(CC(CC(=O)N2CCC(N3Cc4ccccc4NC3=O)CC2)C(=O)N2CCC(C3CCN(C)CC3)CC2)c1. The Labute approximate surface area is 269 Å². The minimum atomic E-state index is -0.360. The van der Waals surface area contributed by atoms with Crippen molar-refractivity contribution >= 4 is 23.5 Å². The summed E-state index contributed by atoms with van der Waals surface area (Å²) in [5, 5.41) is 3.03. The smallest absolute Gasteiger partial charge is 0.322 e. The first-order chi connectivity index (χ1) is 21.7. The predicted molar refractivity (Wildman–Crippen MR) is 178 cm³/mol. The van der Waals surface area contributed by atoms with Crippen molar-refractivity contribution in [3.63, 3.8) is 0 Å².